The number of phosphoric ester groups is 1. The number of rotatable bonds is 54. The molecular weight excluding hydrogens is 876 g/mol. The van der Waals surface area contributed by atoms with Crippen LogP contribution in [0.1, 0.15) is 277 Å². The molecule has 0 radical (unpaired) electrons. The van der Waals surface area contributed by atoms with E-state index in [1.165, 1.54) is 212 Å². The van der Waals surface area contributed by atoms with Gasteiger partial charge in [0.25, 0.3) is 7.82 Å². The van der Waals surface area contributed by atoms with Crippen LogP contribution in [0.3, 0.4) is 0 Å². The molecule has 69 heavy (non-hydrogen) atoms. The van der Waals surface area contributed by atoms with Gasteiger partial charge in [-0.1, -0.05) is 255 Å². The van der Waals surface area contributed by atoms with Gasteiger partial charge in [-0.15, -0.1) is 0 Å². The second-order valence-corrected chi connectivity index (χ2v) is 22.8. The predicted octanol–water partition coefficient (Wildman–Crippen LogP) is 17.3. The number of quaternary nitrogens is 1. The number of phosphoric acid groups is 1. The Morgan fingerprint density at radius 3 is 1.29 bits per heavy atom. The molecule has 3 unspecified atom stereocenters. The Bertz CT molecular complexity index is 1260. The van der Waals surface area contributed by atoms with Crippen molar-refractivity contribution >= 4 is 13.7 Å². The van der Waals surface area contributed by atoms with Crippen molar-refractivity contribution < 1.29 is 32.9 Å². The van der Waals surface area contributed by atoms with Crippen LogP contribution in [0, 0.1) is 0 Å². The van der Waals surface area contributed by atoms with E-state index in [0.717, 1.165) is 44.9 Å². The highest BCUT2D eigenvalue weighted by Crippen LogP contribution is 2.38. The third-order valence-corrected chi connectivity index (χ3v) is 14.2. The first-order valence-corrected chi connectivity index (χ1v) is 31.0. The van der Waals surface area contributed by atoms with E-state index in [1.54, 1.807) is 6.08 Å². The molecule has 0 aliphatic heterocycles. The van der Waals surface area contributed by atoms with Crippen molar-refractivity contribution in [1.29, 1.82) is 0 Å². The summed E-state index contributed by atoms with van der Waals surface area (Å²) in [6.07, 6.45) is 67.7. The van der Waals surface area contributed by atoms with Crippen molar-refractivity contribution in [2.24, 2.45) is 0 Å². The fraction of sp³-hybridized carbons (Fsp3) is 0.850. The molecule has 406 valence electrons. The van der Waals surface area contributed by atoms with Crippen molar-refractivity contribution in [1.82, 2.24) is 5.32 Å². The van der Waals surface area contributed by atoms with Gasteiger partial charge in [0.1, 0.15) is 13.2 Å². The number of aliphatic hydroxyl groups excluding tert-OH is 1. The Morgan fingerprint density at radius 2 is 0.855 bits per heavy atom. The standard InChI is InChI=1S/C60H115N2O6P/c1-6-8-10-12-14-16-18-20-22-24-26-27-28-29-30-31-32-33-34-36-37-39-41-43-45-47-49-51-53-59(63)58(57-68-69(65,66)67-56-55-62(3,4)5)61-60(64)54-52-50-48-46-44-42-40-38-35-25-23-21-19-17-15-13-11-9-7-2/h15,17,21,23,43,45,51,53,58-59,63H,6-14,16,18-20,22,24-42,44,46-50,52,54-57H2,1-5H3,(H-,61,64,65,66)/b17-15-,23-21-,45-43+,53-51+. The zero-order valence-electron chi connectivity index (χ0n) is 46.3. The van der Waals surface area contributed by atoms with Gasteiger partial charge in [0.05, 0.1) is 39.9 Å². The van der Waals surface area contributed by atoms with Crippen LogP contribution < -0.4 is 10.2 Å². The van der Waals surface area contributed by atoms with Gasteiger partial charge in [0, 0.05) is 6.42 Å². The topological polar surface area (TPSA) is 108 Å². The summed E-state index contributed by atoms with van der Waals surface area (Å²) in [5.74, 6) is -0.210. The van der Waals surface area contributed by atoms with Gasteiger partial charge in [-0.05, 0) is 64.2 Å². The van der Waals surface area contributed by atoms with Crippen LogP contribution in [0.2, 0.25) is 0 Å². The first kappa shape index (κ1) is 67.5. The number of amides is 1. The number of carbonyl (C=O) groups is 1. The normalized spacial score (nSPS) is 14.2. The molecule has 1 amide bonds. The number of hydrogen-bond donors (Lipinski definition) is 2. The van der Waals surface area contributed by atoms with Crippen LogP contribution in [0.15, 0.2) is 48.6 Å². The van der Waals surface area contributed by atoms with E-state index in [-0.39, 0.29) is 12.5 Å². The lowest BCUT2D eigenvalue weighted by atomic mass is 10.0. The average Bonchev–Trinajstić information content (AvgIpc) is 3.31. The first-order chi connectivity index (χ1) is 33.5. The number of hydrogen-bond acceptors (Lipinski definition) is 6. The predicted molar refractivity (Wildman–Crippen MR) is 298 cm³/mol. The molecule has 0 rings (SSSR count). The van der Waals surface area contributed by atoms with Gasteiger partial charge in [-0.2, -0.15) is 0 Å². The first-order valence-electron chi connectivity index (χ1n) is 29.5. The molecule has 3 atom stereocenters. The van der Waals surface area contributed by atoms with Crippen LogP contribution in [0.4, 0.5) is 0 Å². The van der Waals surface area contributed by atoms with Crippen molar-refractivity contribution in [2.45, 2.75) is 289 Å². The average molecular weight is 992 g/mol. The molecule has 0 aromatic carbocycles. The Hall–Kier alpha value is -1.54. The molecule has 0 heterocycles. The zero-order chi connectivity index (χ0) is 50.6. The molecular formula is C60H115N2O6P. The second kappa shape index (κ2) is 51.4. The smallest absolute Gasteiger partial charge is 0.268 e. The summed E-state index contributed by atoms with van der Waals surface area (Å²) < 4.78 is 23.3. The Labute approximate surface area is 429 Å². The maximum atomic E-state index is 13.0. The van der Waals surface area contributed by atoms with E-state index in [9.17, 15) is 19.4 Å². The van der Waals surface area contributed by atoms with E-state index in [4.69, 9.17) is 9.05 Å². The molecule has 8 nitrogen and oxygen atoms in total. The molecule has 0 aliphatic carbocycles. The van der Waals surface area contributed by atoms with Gasteiger partial charge < -0.3 is 28.8 Å². The largest absolute Gasteiger partial charge is 0.756 e. The highest BCUT2D eigenvalue weighted by molar-refractivity contribution is 7.45. The molecule has 0 aromatic rings. The van der Waals surface area contributed by atoms with Gasteiger partial charge in [0.2, 0.25) is 5.91 Å². The van der Waals surface area contributed by atoms with Crippen LogP contribution in [-0.4, -0.2) is 68.5 Å². The summed E-state index contributed by atoms with van der Waals surface area (Å²) in [6.45, 7) is 4.63. The Balaban J connectivity index is 4.22. The van der Waals surface area contributed by atoms with Gasteiger partial charge in [0.15, 0.2) is 0 Å². The van der Waals surface area contributed by atoms with Crippen molar-refractivity contribution in [2.75, 3.05) is 40.9 Å². The van der Waals surface area contributed by atoms with Crippen LogP contribution in [0.5, 0.6) is 0 Å². The third-order valence-electron chi connectivity index (χ3n) is 13.3. The Morgan fingerprint density at radius 1 is 0.507 bits per heavy atom. The fourth-order valence-electron chi connectivity index (χ4n) is 8.61. The minimum Gasteiger partial charge on any atom is -0.756 e. The number of nitrogens with one attached hydrogen (secondary N) is 1. The van der Waals surface area contributed by atoms with E-state index >= 15 is 0 Å². The third kappa shape index (κ3) is 54.1. The molecule has 9 heteroatoms. The maximum absolute atomic E-state index is 13.0. The van der Waals surface area contributed by atoms with E-state index in [1.807, 2.05) is 27.2 Å². The lowest BCUT2D eigenvalue weighted by Gasteiger charge is -2.29. The molecule has 0 spiro atoms. The van der Waals surface area contributed by atoms with Crippen LogP contribution in [0.25, 0.3) is 0 Å². The summed E-state index contributed by atoms with van der Waals surface area (Å²) in [5.41, 5.74) is 0. The summed E-state index contributed by atoms with van der Waals surface area (Å²) in [5, 5.41) is 13.9. The minimum absolute atomic E-state index is 0.00786. The van der Waals surface area contributed by atoms with Crippen molar-refractivity contribution in [3.63, 3.8) is 0 Å². The number of allylic oxidation sites excluding steroid dienone is 7. The highest BCUT2D eigenvalue weighted by atomic mass is 31.2. The summed E-state index contributed by atoms with van der Waals surface area (Å²) >= 11 is 0. The molecule has 0 aliphatic rings. The van der Waals surface area contributed by atoms with Gasteiger partial charge in [-0.25, -0.2) is 0 Å². The molecule has 0 bridgehead atoms. The molecule has 0 aromatic heterocycles. The van der Waals surface area contributed by atoms with Crippen LogP contribution in [-0.2, 0) is 18.4 Å². The molecule has 2 N–H and O–H groups in total. The lowest BCUT2D eigenvalue weighted by Crippen LogP contribution is -2.45. The molecule has 0 fully saturated rings. The second-order valence-electron chi connectivity index (χ2n) is 21.3. The number of aliphatic hydroxyl groups is 1. The summed E-state index contributed by atoms with van der Waals surface area (Å²) in [7, 11) is 1.24. The lowest BCUT2D eigenvalue weighted by molar-refractivity contribution is -0.870. The summed E-state index contributed by atoms with van der Waals surface area (Å²) in [4.78, 5) is 25.5. The van der Waals surface area contributed by atoms with E-state index < -0.39 is 26.6 Å². The number of nitrogens with zero attached hydrogens (tertiary/aromatic N) is 1. The van der Waals surface area contributed by atoms with Crippen molar-refractivity contribution in [3.8, 4) is 0 Å². The van der Waals surface area contributed by atoms with E-state index in [2.05, 4.69) is 55.6 Å². The van der Waals surface area contributed by atoms with Crippen LogP contribution >= 0.6 is 7.82 Å². The summed E-state index contributed by atoms with van der Waals surface area (Å²) in [6, 6.07) is -0.907. The molecule has 0 saturated heterocycles. The van der Waals surface area contributed by atoms with Gasteiger partial charge in [-0.3, -0.25) is 9.36 Å². The fourth-order valence-corrected chi connectivity index (χ4v) is 9.34. The number of unbranched alkanes of at least 4 members (excludes halogenated alkanes) is 35. The SMILES string of the molecule is CCCCC/C=C\C/C=C\CCCCCCCCCCCC(=O)NC(COP(=O)([O-])OCC[N+](C)(C)C)C(O)/C=C/CC/C=C/CCCCCCCCCCCCCCCCCCCCCCCC. The quantitative estimate of drug-likeness (QED) is 0.0272. The monoisotopic (exact) mass is 991 g/mol. The Kier molecular flexibility index (Phi) is 50.2. The zero-order valence-corrected chi connectivity index (χ0v) is 47.2. The minimum atomic E-state index is -4.61. The van der Waals surface area contributed by atoms with E-state index in [0.29, 0.717) is 17.4 Å². The number of carbonyl (C=O) groups excluding carboxylic acids is 1. The van der Waals surface area contributed by atoms with Gasteiger partial charge >= 0.3 is 0 Å². The highest BCUT2D eigenvalue weighted by Gasteiger charge is 2.23. The number of likely N-dealkylation sites (N-methyl/N-ethyl adjacent to an activating group) is 1. The maximum Gasteiger partial charge on any atom is 0.268 e. The van der Waals surface area contributed by atoms with Crippen molar-refractivity contribution in [3.05, 3.63) is 48.6 Å². The molecule has 0 saturated carbocycles.